The minimum atomic E-state index is -0.685. The number of carbonyl (C=O) groups excluding carboxylic acids is 4. The van der Waals surface area contributed by atoms with Crippen LogP contribution in [0.4, 0.5) is 9.59 Å². The molecule has 11 rings (SSSR count). The highest BCUT2D eigenvalue weighted by molar-refractivity contribution is 5.88. The fourth-order valence-electron chi connectivity index (χ4n) is 13.1. The zero-order chi connectivity index (χ0) is 50.1. The highest BCUT2D eigenvalue weighted by atomic mass is 16.5. The van der Waals surface area contributed by atoms with E-state index >= 15 is 0 Å². The summed E-state index contributed by atoms with van der Waals surface area (Å²) < 4.78 is 9.74. The number of H-pyrrole nitrogens is 2. The average Bonchev–Trinajstić information content (AvgIpc) is 3.78. The van der Waals surface area contributed by atoms with Crippen molar-refractivity contribution >= 4 is 35.1 Å². The van der Waals surface area contributed by atoms with E-state index in [9.17, 15) is 19.2 Å². The van der Waals surface area contributed by atoms with Gasteiger partial charge in [0.05, 0.1) is 50.1 Å². The minimum Gasteiger partial charge on any atom is -0.453 e. The quantitative estimate of drug-likeness (QED) is 0.109. The van der Waals surface area contributed by atoms with Crippen molar-refractivity contribution in [3.63, 3.8) is 0 Å². The van der Waals surface area contributed by atoms with Crippen molar-refractivity contribution in [3.05, 3.63) is 107 Å². The first-order valence-electron chi connectivity index (χ1n) is 26.5. The summed E-state index contributed by atoms with van der Waals surface area (Å²) in [5.41, 5.74) is 12.6. The summed E-state index contributed by atoms with van der Waals surface area (Å²) in [6.45, 7) is 9.11. The van der Waals surface area contributed by atoms with Gasteiger partial charge in [-0.2, -0.15) is 0 Å². The van der Waals surface area contributed by atoms with E-state index in [2.05, 4.69) is 81.3 Å². The summed E-state index contributed by atoms with van der Waals surface area (Å²) in [5, 5.41) is 5.57. The van der Waals surface area contributed by atoms with Gasteiger partial charge in [0.15, 0.2) is 0 Å². The number of hydrogen-bond donors (Lipinski definition) is 4. The lowest BCUT2D eigenvalue weighted by molar-refractivity contribution is -0.136. The number of nitrogens with one attached hydrogen (secondary N) is 4. The van der Waals surface area contributed by atoms with Gasteiger partial charge in [0.2, 0.25) is 11.8 Å². The standard InChI is InChI=1S/C58H70N8O6/c1-34(2)48(63-54(69)71-5)52(67)65-32-56(24-25-56)28-45(65)50-59-30-43(61-50)38-11-9-10-36(12-15-38)40-18-19-41(47-42(40)20-23-58(47)21-7-8-22-58)37-13-16-39(17-14-37)44-31-60-51(62-44)46-29-57(26-27-57)33-66(46)53(68)49(35(3)4)64-55(70)72-6/h9,11-19,30-31,34-35,45-46,48-49H,7-8,10,20-29,32-33H2,1-6H3,(H,59,61)(H,60,62)(H,63,69)(H,64,70)/t45-,46-,48-,49-/m0/s1. The largest absolute Gasteiger partial charge is 0.453 e. The van der Waals surface area contributed by atoms with Gasteiger partial charge >= 0.3 is 12.2 Å². The molecular formula is C58H70N8O6. The van der Waals surface area contributed by atoms with Gasteiger partial charge in [0, 0.05) is 13.1 Å². The molecule has 4 aromatic rings. The van der Waals surface area contributed by atoms with E-state index < -0.39 is 24.3 Å². The molecule has 2 aromatic heterocycles. The highest BCUT2D eigenvalue weighted by Crippen LogP contribution is 2.60. The lowest BCUT2D eigenvalue weighted by Crippen LogP contribution is -2.51. The molecule has 378 valence electrons. The van der Waals surface area contributed by atoms with Gasteiger partial charge in [-0.25, -0.2) is 19.6 Å². The van der Waals surface area contributed by atoms with Crippen molar-refractivity contribution in [1.29, 1.82) is 0 Å². The molecule has 2 aliphatic heterocycles. The Balaban J connectivity index is 0.839. The zero-order valence-corrected chi connectivity index (χ0v) is 42.7. The molecule has 72 heavy (non-hydrogen) atoms. The van der Waals surface area contributed by atoms with Crippen LogP contribution in [-0.4, -0.2) is 93.1 Å². The van der Waals surface area contributed by atoms with E-state index in [-0.39, 0.29) is 52.0 Å². The van der Waals surface area contributed by atoms with Gasteiger partial charge in [0.25, 0.3) is 0 Å². The Morgan fingerprint density at radius 2 is 1.19 bits per heavy atom. The molecule has 4 amide bonds. The average molecular weight is 975 g/mol. The first kappa shape index (κ1) is 47.9. The van der Waals surface area contributed by atoms with Crippen molar-refractivity contribution in [1.82, 2.24) is 40.4 Å². The molecule has 0 bridgehead atoms. The number of aromatic nitrogens is 4. The van der Waals surface area contributed by atoms with Gasteiger partial charge < -0.3 is 39.9 Å². The van der Waals surface area contributed by atoms with E-state index in [0.29, 0.717) is 13.1 Å². The number of nitrogens with zero attached hydrogens (tertiary/aromatic N) is 4. The van der Waals surface area contributed by atoms with E-state index in [1.807, 2.05) is 49.9 Å². The molecule has 7 aliphatic rings. The van der Waals surface area contributed by atoms with Crippen LogP contribution in [0.25, 0.3) is 33.5 Å². The summed E-state index contributed by atoms with van der Waals surface area (Å²) in [6, 6.07) is 11.9. The Morgan fingerprint density at radius 1 is 0.667 bits per heavy atom. The summed E-state index contributed by atoms with van der Waals surface area (Å²) >= 11 is 0. The molecule has 3 saturated carbocycles. The van der Waals surface area contributed by atoms with Crippen LogP contribution in [0.2, 0.25) is 0 Å². The number of imidazole rings is 2. The third-order valence-corrected chi connectivity index (χ3v) is 17.6. The topological polar surface area (TPSA) is 175 Å². The van der Waals surface area contributed by atoms with Crippen LogP contribution in [0, 0.1) is 22.7 Å². The van der Waals surface area contributed by atoms with Gasteiger partial charge in [-0.1, -0.05) is 101 Å². The summed E-state index contributed by atoms with van der Waals surface area (Å²) in [5.74, 6) is 1.17. The molecule has 0 unspecified atom stereocenters. The molecule has 5 aliphatic carbocycles. The number of hydrogen-bond acceptors (Lipinski definition) is 8. The molecule has 2 saturated heterocycles. The number of ether oxygens (including phenoxy) is 2. The molecule has 5 fully saturated rings. The molecule has 3 spiro atoms. The Kier molecular flexibility index (Phi) is 12.3. The third-order valence-electron chi connectivity index (χ3n) is 17.6. The lowest BCUT2D eigenvalue weighted by atomic mass is 9.76. The van der Waals surface area contributed by atoms with Crippen molar-refractivity contribution in [2.75, 3.05) is 27.3 Å². The van der Waals surface area contributed by atoms with Crippen LogP contribution in [0.15, 0.2) is 73.1 Å². The fourth-order valence-corrected chi connectivity index (χ4v) is 13.1. The summed E-state index contributed by atoms with van der Waals surface area (Å²) in [7, 11) is 2.64. The number of likely N-dealkylation sites (tertiary alicyclic amines) is 2. The molecule has 2 aromatic carbocycles. The second-order valence-electron chi connectivity index (χ2n) is 23.0. The van der Waals surface area contributed by atoms with Crippen LogP contribution in [0.1, 0.15) is 151 Å². The Labute approximate surface area is 422 Å². The number of carbonyl (C=O) groups is 4. The van der Waals surface area contributed by atoms with E-state index in [1.54, 1.807) is 0 Å². The fraction of sp³-hybridized carbons (Fsp3) is 0.517. The lowest BCUT2D eigenvalue weighted by Gasteiger charge is -2.30. The number of benzene rings is 2. The Bertz CT molecular complexity index is 2870. The molecule has 4 N–H and O–H groups in total. The predicted molar refractivity (Wildman–Crippen MR) is 276 cm³/mol. The van der Waals surface area contributed by atoms with Crippen molar-refractivity contribution in [2.24, 2.45) is 22.7 Å². The maximum atomic E-state index is 14.1. The van der Waals surface area contributed by atoms with Gasteiger partial charge in [-0.05, 0) is 143 Å². The van der Waals surface area contributed by atoms with E-state index in [1.165, 1.54) is 79.7 Å². The molecular weight excluding hydrogens is 905 g/mol. The molecule has 4 atom stereocenters. The smallest absolute Gasteiger partial charge is 0.407 e. The minimum absolute atomic E-state index is 0.0930. The van der Waals surface area contributed by atoms with Crippen molar-refractivity contribution in [2.45, 2.75) is 141 Å². The number of rotatable bonds is 12. The van der Waals surface area contributed by atoms with Gasteiger partial charge in [-0.15, -0.1) is 0 Å². The molecule has 0 radical (unpaired) electrons. The second kappa shape index (κ2) is 18.6. The SMILES string of the molecule is COC(=O)N[C@H](C(=O)N1CC2(CC2)C[C@H]1c1ncc(C2=CC=C(c3ccc(-c4ccc(-c5cnc([C@@H]6CC7(CC7)CN6C(=O)[C@@H](NC(=O)OC)C(C)C)[nH]5)cc4)c4c3CCC43CCCC3)CC=C2)[nH]1)C(C)C. The number of aromatic amines is 2. The summed E-state index contributed by atoms with van der Waals surface area (Å²) in [6.07, 6.45) is 25.7. The molecule has 14 heteroatoms. The number of allylic oxidation sites excluding steroid dienone is 6. The maximum absolute atomic E-state index is 14.1. The zero-order valence-electron chi connectivity index (χ0n) is 42.7. The second-order valence-corrected chi connectivity index (χ2v) is 23.0. The molecule has 4 heterocycles. The Hall–Kier alpha value is -6.44. The van der Waals surface area contributed by atoms with Gasteiger partial charge in [-0.3, -0.25) is 9.59 Å². The van der Waals surface area contributed by atoms with Crippen molar-refractivity contribution < 1.29 is 28.7 Å². The maximum Gasteiger partial charge on any atom is 0.407 e. The number of amides is 4. The third kappa shape index (κ3) is 8.76. The van der Waals surface area contributed by atoms with Gasteiger partial charge in [0.1, 0.15) is 23.7 Å². The van der Waals surface area contributed by atoms with Crippen LogP contribution >= 0.6 is 0 Å². The van der Waals surface area contributed by atoms with Crippen LogP contribution in [0.3, 0.4) is 0 Å². The van der Waals surface area contributed by atoms with Crippen molar-refractivity contribution in [3.8, 4) is 22.4 Å². The number of fused-ring (bicyclic) bond motifs is 2. The number of methoxy groups -OCH3 is 2. The normalized spacial score (nSPS) is 22.8. The first-order valence-corrected chi connectivity index (χ1v) is 26.5. The van der Waals surface area contributed by atoms with Crippen LogP contribution < -0.4 is 10.6 Å². The first-order chi connectivity index (χ1) is 34.7. The molecule has 14 nitrogen and oxygen atoms in total. The number of alkyl carbamates (subject to hydrolysis) is 2. The van der Waals surface area contributed by atoms with E-state index in [0.717, 1.165) is 85.5 Å². The monoisotopic (exact) mass is 975 g/mol. The summed E-state index contributed by atoms with van der Waals surface area (Å²) in [4.78, 5) is 73.5. The van der Waals surface area contributed by atoms with E-state index in [4.69, 9.17) is 19.4 Å². The van der Waals surface area contributed by atoms with Crippen LogP contribution in [-0.2, 0) is 30.9 Å². The highest BCUT2D eigenvalue weighted by Gasteiger charge is 2.56. The van der Waals surface area contributed by atoms with Crippen LogP contribution in [0.5, 0.6) is 0 Å². The Morgan fingerprint density at radius 3 is 1.74 bits per heavy atom. The predicted octanol–water partition coefficient (Wildman–Crippen LogP) is 10.5.